The lowest BCUT2D eigenvalue weighted by atomic mass is 10.1. The van der Waals surface area contributed by atoms with Gasteiger partial charge < -0.3 is 15.2 Å². The van der Waals surface area contributed by atoms with Crippen LogP contribution in [-0.4, -0.2) is 29.1 Å². The van der Waals surface area contributed by atoms with Crippen molar-refractivity contribution >= 4 is 28.9 Å². The fourth-order valence-corrected chi connectivity index (χ4v) is 3.61. The maximum absolute atomic E-state index is 13.0. The average molecular weight is 400 g/mol. The number of thiazole rings is 1. The van der Waals surface area contributed by atoms with Crippen LogP contribution in [0.2, 0.25) is 0 Å². The number of ether oxygens (including phenoxy) is 1. The Morgan fingerprint density at radius 1 is 1.21 bits per heavy atom. The number of aromatic hydroxyl groups is 1. The number of rotatable bonds is 5. The second kappa shape index (κ2) is 8.18. The van der Waals surface area contributed by atoms with Crippen LogP contribution < -0.4 is 5.32 Å². The Morgan fingerprint density at radius 2 is 1.93 bits per heavy atom. The van der Waals surface area contributed by atoms with Crippen molar-refractivity contribution in [3.05, 3.63) is 75.0 Å². The summed E-state index contributed by atoms with van der Waals surface area (Å²) in [6.45, 7) is 1.71. The van der Waals surface area contributed by atoms with Crippen molar-refractivity contribution in [2.24, 2.45) is 0 Å². The van der Waals surface area contributed by atoms with Crippen LogP contribution in [0.5, 0.6) is 5.75 Å². The monoisotopic (exact) mass is 400 g/mol. The molecule has 1 aromatic heterocycles. The highest BCUT2D eigenvalue weighted by Gasteiger charge is 2.19. The number of hydrogen-bond donors (Lipinski definition) is 2. The molecular formula is C20H17FN2O4S. The van der Waals surface area contributed by atoms with E-state index in [1.165, 1.54) is 48.8 Å². The van der Waals surface area contributed by atoms with Gasteiger partial charge in [0.2, 0.25) is 0 Å². The normalized spacial score (nSPS) is 10.5. The molecule has 1 amide bonds. The Hall–Kier alpha value is -3.26. The second-order valence-corrected chi connectivity index (χ2v) is 7.06. The molecule has 144 valence electrons. The minimum atomic E-state index is -0.704. The van der Waals surface area contributed by atoms with Gasteiger partial charge in [-0.1, -0.05) is 18.2 Å². The molecule has 8 heteroatoms. The maximum Gasteiger partial charge on any atom is 0.341 e. The van der Waals surface area contributed by atoms with Crippen molar-refractivity contribution < 1.29 is 23.8 Å². The summed E-state index contributed by atoms with van der Waals surface area (Å²) in [6.07, 6.45) is 0.474. The van der Waals surface area contributed by atoms with Crippen molar-refractivity contribution in [1.82, 2.24) is 4.98 Å². The van der Waals surface area contributed by atoms with Crippen LogP contribution in [0, 0.1) is 12.7 Å². The summed E-state index contributed by atoms with van der Waals surface area (Å²) in [4.78, 5) is 29.1. The first kappa shape index (κ1) is 19.5. The lowest BCUT2D eigenvalue weighted by molar-refractivity contribution is 0.0597. The molecule has 0 saturated heterocycles. The molecule has 28 heavy (non-hydrogen) atoms. The van der Waals surface area contributed by atoms with Crippen LogP contribution in [0.3, 0.4) is 0 Å². The minimum absolute atomic E-state index is 0.0432. The van der Waals surface area contributed by atoms with E-state index in [2.05, 4.69) is 15.0 Å². The van der Waals surface area contributed by atoms with Crippen molar-refractivity contribution in [2.45, 2.75) is 13.3 Å². The first-order valence-electron chi connectivity index (χ1n) is 8.31. The zero-order valence-corrected chi connectivity index (χ0v) is 16.0. The van der Waals surface area contributed by atoms with E-state index in [9.17, 15) is 19.1 Å². The highest BCUT2D eigenvalue weighted by molar-refractivity contribution is 7.14. The number of methoxy groups -OCH3 is 1. The number of phenols is 1. The number of hydrogen-bond acceptors (Lipinski definition) is 6. The van der Waals surface area contributed by atoms with Gasteiger partial charge >= 0.3 is 5.97 Å². The van der Waals surface area contributed by atoms with Crippen LogP contribution in [-0.2, 0) is 11.2 Å². The highest BCUT2D eigenvalue weighted by Crippen LogP contribution is 2.29. The third-order valence-corrected chi connectivity index (χ3v) is 5.16. The topological polar surface area (TPSA) is 88.5 Å². The zero-order chi connectivity index (χ0) is 20.3. The molecule has 3 aromatic rings. The number of nitrogens with zero attached hydrogens (tertiary/aromatic N) is 1. The number of para-hydroxylation sites is 1. The summed E-state index contributed by atoms with van der Waals surface area (Å²) >= 11 is 1.22. The molecule has 0 atom stereocenters. The SMILES string of the molecule is COC(=O)c1cccc(NC(=O)c2sc(Cc3ccc(F)cc3)nc2C)c1O. The highest BCUT2D eigenvalue weighted by atomic mass is 32.1. The molecule has 3 rings (SSSR count). The van der Waals surface area contributed by atoms with Crippen molar-refractivity contribution in [1.29, 1.82) is 0 Å². The predicted octanol–water partition coefficient (Wildman–Crippen LogP) is 3.93. The molecular weight excluding hydrogens is 383 g/mol. The predicted molar refractivity (Wildman–Crippen MR) is 103 cm³/mol. The maximum atomic E-state index is 13.0. The summed E-state index contributed by atoms with van der Waals surface area (Å²) in [5, 5.41) is 13.5. The van der Waals surface area contributed by atoms with E-state index < -0.39 is 11.9 Å². The molecule has 0 aliphatic heterocycles. The molecule has 6 nitrogen and oxygen atoms in total. The van der Waals surface area contributed by atoms with Gasteiger partial charge in [0.1, 0.15) is 16.3 Å². The van der Waals surface area contributed by atoms with E-state index in [0.29, 0.717) is 22.0 Å². The number of nitrogens with one attached hydrogen (secondary N) is 1. The van der Waals surface area contributed by atoms with E-state index in [1.54, 1.807) is 19.1 Å². The summed E-state index contributed by atoms with van der Waals surface area (Å²) in [5.41, 5.74) is 1.48. The van der Waals surface area contributed by atoms with E-state index in [1.807, 2.05) is 0 Å². The molecule has 2 N–H and O–H groups in total. The van der Waals surface area contributed by atoms with Gasteiger partial charge in [0, 0.05) is 6.42 Å². The van der Waals surface area contributed by atoms with Gasteiger partial charge in [0.05, 0.1) is 23.5 Å². The van der Waals surface area contributed by atoms with Gasteiger partial charge in [-0.3, -0.25) is 4.79 Å². The fraction of sp³-hybridized carbons (Fsp3) is 0.150. The molecule has 0 aliphatic carbocycles. The summed E-state index contributed by atoms with van der Waals surface area (Å²) in [6, 6.07) is 10.5. The Labute approximate surface area is 164 Å². The fourth-order valence-electron chi connectivity index (χ4n) is 2.61. The number of anilines is 1. The first-order valence-corrected chi connectivity index (χ1v) is 9.13. The van der Waals surface area contributed by atoms with E-state index in [-0.39, 0.29) is 22.8 Å². The van der Waals surface area contributed by atoms with Crippen molar-refractivity contribution in [3.63, 3.8) is 0 Å². The number of carbonyl (C=O) groups excluding carboxylic acids is 2. The number of aromatic nitrogens is 1. The Bertz CT molecular complexity index is 1030. The van der Waals surface area contributed by atoms with Gasteiger partial charge in [0.15, 0.2) is 5.75 Å². The number of esters is 1. The molecule has 1 heterocycles. The zero-order valence-electron chi connectivity index (χ0n) is 15.2. The third-order valence-electron chi connectivity index (χ3n) is 4.01. The van der Waals surface area contributed by atoms with Gasteiger partial charge in [-0.2, -0.15) is 0 Å². The van der Waals surface area contributed by atoms with Gasteiger partial charge in [-0.25, -0.2) is 14.2 Å². The first-order chi connectivity index (χ1) is 13.4. The van der Waals surface area contributed by atoms with Crippen LogP contribution in [0.25, 0.3) is 0 Å². The van der Waals surface area contributed by atoms with E-state index in [0.717, 1.165) is 5.56 Å². The summed E-state index contributed by atoms with van der Waals surface area (Å²) < 4.78 is 17.6. The molecule has 0 bridgehead atoms. The quantitative estimate of drug-likeness (QED) is 0.501. The molecule has 2 aromatic carbocycles. The molecule has 0 spiro atoms. The Kier molecular flexibility index (Phi) is 5.70. The van der Waals surface area contributed by atoms with E-state index in [4.69, 9.17) is 0 Å². The number of amides is 1. The minimum Gasteiger partial charge on any atom is -0.505 e. The van der Waals surface area contributed by atoms with Crippen LogP contribution in [0.15, 0.2) is 42.5 Å². The lowest BCUT2D eigenvalue weighted by Gasteiger charge is -2.09. The average Bonchev–Trinajstić information content (AvgIpc) is 3.05. The smallest absolute Gasteiger partial charge is 0.341 e. The summed E-state index contributed by atoms with van der Waals surface area (Å²) in [7, 11) is 1.20. The molecule has 0 radical (unpaired) electrons. The largest absolute Gasteiger partial charge is 0.505 e. The number of aryl methyl sites for hydroxylation is 1. The number of halogens is 1. The Morgan fingerprint density at radius 3 is 2.61 bits per heavy atom. The van der Waals surface area contributed by atoms with Gasteiger partial charge in [0.25, 0.3) is 5.91 Å². The molecule has 0 unspecified atom stereocenters. The summed E-state index contributed by atoms with van der Waals surface area (Å²) in [5.74, 6) is -1.83. The van der Waals surface area contributed by atoms with Crippen LogP contribution in [0.1, 0.15) is 36.3 Å². The molecule has 0 saturated carbocycles. The van der Waals surface area contributed by atoms with Gasteiger partial charge in [-0.15, -0.1) is 11.3 Å². The second-order valence-electron chi connectivity index (χ2n) is 5.97. The van der Waals surface area contributed by atoms with Gasteiger partial charge in [-0.05, 0) is 36.8 Å². The number of carbonyl (C=O) groups is 2. The van der Waals surface area contributed by atoms with E-state index >= 15 is 0 Å². The van der Waals surface area contributed by atoms with Crippen LogP contribution >= 0.6 is 11.3 Å². The number of phenolic OH excluding ortho intramolecular Hbond substituents is 1. The Balaban J connectivity index is 1.79. The standard InChI is InChI=1S/C20H17FN2O4S/c1-11-18(28-16(22-11)10-12-6-8-13(21)9-7-12)19(25)23-15-5-3-4-14(17(15)24)20(26)27-2/h3-9,24H,10H2,1-2H3,(H,23,25). The molecule has 0 aliphatic rings. The van der Waals surface area contributed by atoms with Crippen molar-refractivity contribution in [3.8, 4) is 5.75 Å². The number of benzene rings is 2. The lowest BCUT2D eigenvalue weighted by Crippen LogP contribution is -2.12. The third kappa shape index (κ3) is 4.17. The van der Waals surface area contributed by atoms with Crippen LogP contribution in [0.4, 0.5) is 10.1 Å². The van der Waals surface area contributed by atoms with Crippen molar-refractivity contribution in [2.75, 3.05) is 12.4 Å². The molecule has 0 fully saturated rings.